The molecule has 9 nitrogen and oxygen atoms in total. The van der Waals surface area contributed by atoms with Gasteiger partial charge in [0.25, 0.3) is 0 Å². The SMILES string of the molecule is C=CC(=O)N1[C@H](C)CN(c2nc(=O)n3c4c(c(-c5ccc(F)cc5)c(C)cc24)SC[C@@H](NC(=O)OC(C)(C)C)C3)C[C@@H]1C. The highest BCUT2D eigenvalue weighted by Gasteiger charge is 2.35. The molecule has 3 atom stereocenters. The largest absolute Gasteiger partial charge is 0.444 e. The lowest BCUT2D eigenvalue weighted by Crippen LogP contribution is -2.58. The summed E-state index contributed by atoms with van der Waals surface area (Å²) in [5.74, 6) is 0.595. The number of hydrogen-bond acceptors (Lipinski definition) is 7. The summed E-state index contributed by atoms with van der Waals surface area (Å²) in [5.41, 5.74) is 2.32. The summed E-state index contributed by atoms with van der Waals surface area (Å²) in [6, 6.07) is 7.72. The molecule has 0 saturated carbocycles. The van der Waals surface area contributed by atoms with E-state index < -0.39 is 23.4 Å². The van der Waals surface area contributed by atoms with Crippen molar-refractivity contribution in [1.29, 1.82) is 0 Å². The number of halogens is 1. The van der Waals surface area contributed by atoms with E-state index in [0.29, 0.717) is 24.7 Å². The van der Waals surface area contributed by atoms with Crippen LogP contribution < -0.4 is 15.9 Å². The first-order valence-corrected chi connectivity index (χ1v) is 15.4. The van der Waals surface area contributed by atoms with Crippen LogP contribution in [0.4, 0.5) is 15.0 Å². The number of ether oxygens (including phenoxy) is 1. The van der Waals surface area contributed by atoms with Crippen molar-refractivity contribution in [2.45, 2.75) is 76.7 Å². The van der Waals surface area contributed by atoms with Crippen molar-refractivity contribution in [3.8, 4) is 11.1 Å². The van der Waals surface area contributed by atoms with Crippen LogP contribution in [-0.2, 0) is 16.1 Å². The van der Waals surface area contributed by atoms with E-state index in [1.807, 2.05) is 31.7 Å². The lowest BCUT2D eigenvalue weighted by molar-refractivity contribution is -0.130. The Hall–Kier alpha value is -3.86. The quantitative estimate of drug-likeness (QED) is 0.411. The van der Waals surface area contributed by atoms with E-state index in [2.05, 4.69) is 21.8 Å². The molecule has 5 rings (SSSR count). The number of aromatic nitrogens is 2. The molecule has 0 aliphatic carbocycles. The zero-order chi connectivity index (χ0) is 31.2. The van der Waals surface area contributed by atoms with Crippen LogP contribution >= 0.6 is 11.8 Å². The fraction of sp³-hybridized carbons (Fsp3) is 0.438. The Bertz CT molecular complexity index is 1640. The minimum absolute atomic E-state index is 0.124. The van der Waals surface area contributed by atoms with E-state index in [1.54, 1.807) is 49.2 Å². The summed E-state index contributed by atoms with van der Waals surface area (Å²) >= 11 is 1.55. The average Bonchev–Trinajstić information content (AvgIpc) is 3.10. The van der Waals surface area contributed by atoms with Crippen molar-refractivity contribution in [2.75, 3.05) is 23.7 Å². The third kappa shape index (κ3) is 6.13. The van der Waals surface area contributed by atoms with Gasteiger partial charge in [-0.2, -0.15) is 4.98 Å². The summed E-state index contributed by atoms with van der Waals surface area (Å²) in [6.07, 6.45) is 0.779. The van der Waals surface area contributed by atoms with E-state index in [0.717, 1.165) is 32.5 Å². The molecule has 2 aromatic carbocycles. The van der Waals surface area contributed by atoms with Gasteiger partial charge in [0.05, 0.1) is 11.6 Å². The predicted molar refractivity (Wildman–Crippen MR) is 168 cm³/mol. The number of rotatable bonds is 4. The molecular formula is C32H38FN5O4S. The van der Waals surface area contributed by atoms with Crippen LogP contribution in [0.2, 0.25) is 0 Å². The van der Waals surface area contributed by atoms with Crippen molar-refractivity contribution in [3.63, 3.8) is 0 Å². The third-order valence-electron chi connectivity index (χ3n) is 7.73. The van der Waals surface area contributed by atoms with E-state index in [1.165, 1.54) is 18.2 Å². The third-order valence-corrected chi connectivity index (χ3v) is 8.98. The molecule has 228 valence electrons. The van der Waals surface area contributed by atoms with Crippen molar-refractivity contribution < 1.29 is 18.7 Å². The maximum atomic E-state index is 13.9. The number of nitrogens with one attached hydrogen (secondary N) is 1. The second-order valence-corrected chi connectivity index (χ2v) is 13.4. The van der Waals surface area contributed by atoms with Crippen LogP contribution in [0.5, 0.6) is 0 Å². The first kappa shape index (κ1) is 30.6. The van der Waals surface area contributed by atoms with E-state index in [-0.39, 0.29) is 30.4 Å². The normalized spacial score (nSPS) is 20.5. The molecule has 0 unspecified atom stereocenters. The van der Waals surface area contributed by atoms with Crippen molar-refractivity contribution in [3.05, 3.63) is 64.9 Å². The Kier molecular flexibility index (Phi) is 8.30. The Labute approximate surface area is 255 Å². The number of piperazine rings is 1. The summed E-state index contributed by atoms with van der Waals surface area (Å²) in [4.78, 5) is 48.5. The molecule has 43 heavy (non-hydrogen) atoms. The summed E-state index contributed by atoms with van der Waals surface area (Å²) in [6.45, 7) is 16.2. The summed E-state index contributed by atoms with van der Waals surface area (Å²) in [7, 11) is 0. The highest BCUT2D eigenvalue weighted by Crippen LogP contribution is 2.43. The fourth-order valence-corrected chi connectivity index (χ4v) is 7.44. The summed E-state index contributed by atoms with van der Waals surface area (Å²) in [5, 5.41) is 3.75. The van der Waals surface area contributed by atoms with Crippen LogP contribution in [-0.4, -0.2) is 69.0 Å². The average molecular weight is 608 g/mol. The number of nitrogens with zero attached hydrogens (tertiary/aromatic N) is 4. The van der Waals surface area contributed by atoms with Gasteiger partial charge in [-0.3, -0.25) is 9.36 Å². The van der Waals surface area contributed by atoms with Gasteiger partial charge >= 0.3 is 11.8 Å². The number of amides is 2. The molecule has 0 spiro atoms. The van der Waals surface area contributed by atoms with Crippen molar-refractivity contribution in [2.24, 2.45) is 0 Å². The van der Waals surface area contributed by atoms with Crippen LogP contribution in [0.15, 0.2) is 52.7 Å². The number of carbonyl (C=O) groups is 2. The highest BCUT2D eigenvalue weighted by atomic mass is 32.2. The Morgan fingerprint density at radius 2 is 1.79 bits per heavy atom. The van der Waals surface area contributed by atoms with Crippen LogP contribution in [0.25, 0.3) is 22.0 Å². The lowest BCUT2D eigenvalue weighted by atomic mass is 9.97. The molecule has 1 N–H and O–H groups in total. The maximum Gasteiger partial charge on any atom is 0.407 e. The molecule has 1 fully saturated rings. The zero-order valence-corrected chi connectivity index (χ0v) is 26.3. The van der Waals surface area contributed by atoms with Crippen LogP contribution in [0.3, 0.4) is 0 Å². The van der Waals surface area contributed by atoms with Gasteiger partial charge in [0.15, 0.2) is 0 Å². The van der Waals surface area contributed by atoms with Gasteiger partial charge < -0.3 is 19.9 Å². The maximum absolute atomic E-state index is 13.9. The second kappa shape index (κ2) is 11.7. The van der Waals surface area contributed by atoms with Gasteiger partial charge in [-0.25, -0.2) is 14.0 Å². The molecule has 3 heterocycles. The monoisotopic (exact) mass is 607 g/mol. The molecule has 2 amide bonds. The van der Waals surface area contributed by atoms with Crippen molar-refractivity contribution in [1.82, 2.24) is 19.8 Å². The van der Waals surface area contributed by atoms with Gasteiger partial charge in [0.1, 0.15) is 17.2 Å². The molecule has 11 heteroatoms. The predicted octanol–water partition coefficient (Wildman–Crippen LogP) is 5.12. The van der Waals surface area contributed by atoms with Gasteiger partial charge in [-0.05, 0) is 76.9 Å². The zero-order valence-electron chi connectivity index (χ0n) is 25.4. The molecule has 0 radical (unpaired) electrons. The molecule has 2 aliphatic rings. The van der Waals surface area contributed by atoms with Gasteiger partial charge in [-0.1, -0.05) is 18.7 Å². The van der Waals surface area contributed by atoms with E-state index >= 15 is 0 Å². The van der Waals surface area contributed by atoms with Crippen LogP contribution in [0, 0.1) is 12.7 Å². The molecule has 1 saturated heterocycles. The lowest BCUT2D eigenvalue weighted by Gasteiger charge is -2.44. The molecule has 3 aromatic rings. The van der Waals surface area contributed by atoms with Crippen LogP contribution in [0.1, 0.15) is 40.2 Å². The standard InChI is InChI=1S/C32H38FN5O4S/c1-8-25(39)38-19(3)14-36(15-20(38)4)29-24-13-18(2)26(21-9-11-22(33)12-10-21)28-27(24)37(30(40)35-29)16-23(17-43-28)34-31(41)42-32(5,6)7/h8-13,19-20,23H,1,14-17H2,2-7H3,(H,34,41)/t19-,20+,23-/m0/s1. The number of benzene rings is 2. The first-order chi connectivity index (χ1) is 20.3. The molecule has 0 bridgehead atoms. The van der Waals surface area contributed by atoms with Gasteiger partial charge in [0, 0.05) is 53.3 Å². The van der Waals surface area contributed by atoms with Gasteiger partial charge in [-0.15, -0.1) is 11.8 Å². The number of hydrogen-bond donors (Lipinski definition) is 1. The van der Waals surface area contributed by atoms with E-state index in [4.69, 9.17) is 4.74 Å². The topological polar surface area (TPSA) is 96.8 Å². The Balaban J connectivity index is 1.66. The molecule has 1 aromatic heterocycles. The first-order valence-electron chi connectivity index (χ1n) is 14.4. The Morgan fingerprint density at radius 3 is 2.40 bits per heavy atom. The number of aryl methyl sites for hydroxylation is 1. The smallest absolute Gasteiger partial charge is 0.407 e. The minimum atomic E-state index is -0.667. The fourth-order valence-electron chi connectivity index (χ4n) is 6.10. The molecule has 2 aliphatic heterocycles. The second-order valence-electron chi connectivity index (χ2n) is 12.3. The number of anilines is 1. The van der Waals surface area contributed by atoms with E-state index in [9.17, 15) is 18.8 Å². The minimum Gasteiger partial charge on any atom is -0.444 e. The number of thioether (sulfide) groups is 1. The van der Waals surface area contributed by atoms with Gasteiger partial charge in [0.2, 0.25) is 5.91 Å². The van der Waals surface area contributed by atoms with Crippen molar-refractivity contribution >= 4 is 40.5 Å². The Morgan fingerprint density at radius 1 is 1.14 bits per heavy atom. The molecular weight excluding hydrogens is 569 g/mol. The number of carbonyl (C=O) groups excluding carboxylic acids is 2. The number of alkyl carbamates (subject to hydrolysis) is 1. The summed E-state index contributed by atoms with van der Waals surface area (Å²) < 4.78 is 21.0. The highest BCUT2D eigenvalue weighted by molar-refractivity contribution is 7.99.